The fourth-order valence-corrected chi connectivity index (χ4v) is 3.96. The second-order valence-corrected chi connectivity index (χ2v) is 6.37. The molecule has 1 aliphatic rings. The molecule has 1 aromatic rings. The Labute approximate surface area is 108 Å². The Bertz CT molecular complexity index is 542. The van der Waals surface area contributed by atoms with Gasteiger partial charge in [-0.25, -0.2) is 8.42 Å². The van der Waals surface area contributed by atoms with Crippen LogP contribution in [0.1, 0.15) is 12.5 Å². The third-order valence-electron chi connectivity index (χ3n) is 3.22. The van der Waals surface area contributed by atoms with Crippen molar-refractivity contribution in [3.63, 3.8) is 0 Å². The second kappa shape index (κ2) is 4.87. The second-order valence-electron chi connectivity index (χ2n) is 4.51. The van der Waals surface area contributed by atoms with Gasteiger partial charge in [-0.1, -0.05) is 6.07 Å². The molecule has 1 aliphatic heterocycles. The molecule has 1 atom stereocenters. The van der Waals surface area contributed by atoms with E-state index in [4.69, 9.17) is 10.5 Å². The predicted molar refractivity (Wildman–Crippen MR) is 69.8 cm³/mol. The maximum atomic E-state index is 12.6. The van der Waals surface area contributed by atoms with Gasteiger partial charge in [0.2, 0.25) is 10.0 Å². The van der Waals surface area contributed by atoms with Crippen molar-refractivity contribution in [1.82, 2.24) is 4.31 Å². The van der Waals surface area contributed by atoms with Crippen LogP contribution in [0.5, 0.6) is 0 Å². The highest BCUT2D eigenvalue weighted by Gasteiger charge is 2.32. The SMILES string of the molecule is Cc1c(N)cccc1S(=O)(=O)N1CCOC[C@H]1C. The van der Waals surface area contributed by atoms with E-state index in [2.05, 4.69) is 0 Å². The average Bonchev–Trinajstić information content (AvgIpc) is 2.32. The summed E-state index contributed by atoms with van der Waals surface area (Å²) in [6, 6.07) is 4.82. The van der Waals surface area contributed by atoms with Crippen molar-refractivity contribution in [1.29, 1.82) is 0 Å². The summed E-state index contributed by atoms with van der Waals surface area (Å²) in [5.74, 6) is 0. The molecule has 1 aromatic carbocycles. The fraction of sp³-hybridized carbons (Fsp3) is 0.500. The largest absolute Gasteiger partial charge is 0.398 e. The number of ether oxygens (including phenoxy) is 1. The van der Waals surface area contributed by atoms with Gasteiger partial charge in [0.05, 0.1) is 18.1 Å². The maximum Gasteiger partial charge on any atom is 0.243 e. The van der Waals surface area contributed by atoms with Crippen molar-refractivity contribution >= 4 is 15.7 Å². The van der Waals surface area contributed by atoms with E-state index in [1.54, 1.807) is 25.1 Å². The molecule has 6 heteroatoms. The monoisotopic (exact) mass is 270 g/mol. The van der Waals surface area contributed by atoms with Gasteiger partial charge in [-0.15, -0.1) is 0 Å². The highest BCUT2D eigenvalue weighted by Crippen LogP contribution is 2.26. The molecule has 0 radical (unpaired) electrons. The topological polar surface area (TPSA) is 72.6 Å². The summed E-state index contributed by atoms with van der Waals surface area (Å²) in [7, 11) is -3.49. The van der Waals surface area contributed by atoms with E-state index < -0.39 is 10.0 Å². The number of sulfonamides is 1. The van der Waals surface area contributed by atoms with Gasteiger partial charge in [-0.05, 0) is 31.5 Å². The zero-order chi connectivity index (χ0) is 13.3. The first-order valence-electron chi connectivity index (χ1n) is 5.89. The van der Waals surface area contributed by atoms with Crippen LogP contribution in [0, 0.1) is 6.92 Å². The molecule has 100 valence electrons. The minimum Gasteiger partial charge on any atom is -0.398 e. The van der Waals surface area contributed by atoms with E-state index in [1.807, 2.05) is 6.92 Å². The minimum atomic E-state index is -3.49. The fourth-order valence-electron chi connectivity index (χ4n) is 2.11. The number of benzene rings is 1. The quantitative estimate of drug-likeness (QED) is 0.813. The number of nitrogens with zero attached hydrogens (tertiary/aromatic N) is 1. The Morgan fingerprint density at radius 3 is 2.83 bits per heavy atom. The third-order valence-corrected chi connectivity index (χ3v) is 5.38. The van der Waals surface area contributed by atoms with Gasteiger partial charge < -0.3 is 10.5 Å². The summed E-state index contributed by atoms with van der Waals surface area (Å²) in [4.78, 5) is 0.288. The zero-order valence-electron chi connectivity index (χ0n) is 10.6. The van der Waals surface area contributed by atoms with Crippen molar-refractivity contribution < 1.29 is 13.2 Å². The van der Waals surface area contributed by atoms with Crippen LogP contribution < -0.4 is 5.73 Å². The van der Waals surface area contributed by atoms with Crippen molar-refractivity contribution in [3.05, 3.63) is 23.8 Å². The molecule has 0 aliphatic carbocycles. The number of hydrogen-bond donors (Lipinski definition) is 1. The summed E-state index contributed by atoms with van der Waals surface area (Å²) < 4.78 is 31.9. The van der Waals surface area contributed by atoms with Gasteiger partial charge in [-0.3, -0.25) is 0 Å². The molecule has 0 saturated carbocycles. The highest BCUT2D eigenvalue weighted by atomic mass is 32.2. The van der Waals surface area contributed by atoms with Crippen LogP contribution in [0.3, 0.4) is 0 Å². The Morgan fingerprint density at radius 2 is 2.17 bits per heavy atom. The van der Waals surface area contributed by atoms with Gasteiger partial charge >= 0.3 is 0 Å². The Morgan fingerprint density at radius 1 is 1.44 bits per heavy atom. The Hall–Kier alpha value is -1.11. The van der Waals surface area contributed by atoms with Gasteiger partial charge in [0.15, 0.2) is 0 Å². The maximum absolute atomic E-state index is 12.6. The molecular formula is C12H18N2O3S. The number of nitrogen functional groups attached to an aromatic ring is 1. The molecule has 0 amide bonds. The number of anilines is 1. The van der Waals surface area contributed by atoms with Crippen molar-refractivity contribution in [2.45, 2.75) is 24.8 Å². The molecular weight excluding hydrogens is 252 g/mol. The molecule has 0 unspecified atom stereocenters. The lowest BCUT2D eigenvalue weighted by Gasteiger charge is -2.32. The van der Waals surface area contributed by atoms with E-state index in [9.17, 15) is 8.42 Å². The number of morpholine rings is 1. The average molecular weight is 270 g/mol. The first-order chi connectivity index (χ1) is 8.44. The van der Waals surface area contributed by atoms with E-state index in [-0.39, 0.29) is 10.9 Å². The third kappa shape index (κ3) is 2.23. The number of nitrogens with two attached hydrogens (primary N) is 1. The first kappa shape index (κ1) is 13.3. The van der Waals surface area contributed by atoms with Crippen molar-refractivity contribution in [2.75, 3.05) is 25.5 Å². The Balaban J connectivity index is 2.44. The molecule has 1 heterocycles. The number of rotatable bonds is 2. The Kier molecular flexibility index (Phi) is 3.61. The van der Waals surface area contributed by atoms with Crippen LogP contribution >= 0.6 is 0 Å². The van der Waals surface area contributed by atoms with Gasteiger partial charge in [0.1, 0.15) is 0 Å². The molecule has 0 bridgehead atoms. The molecule has 0 aromatic heterocycles. The van der Waals surface area contributed by atoms with E-state index in [0.29, 0.717) is 31.0 Å². The highest BCUT2D eigenvalue weighted by molar-refractivity contribution is 7.89. The smallest absolute Gasteiger partial charge is 0.243 e. The molecule has 5 nitrogen and oxygen atoms in total. The molecule has 1 saturated heterocycles. The van der Waals surface area contributed by atoms with Crippen molar-refractivity contribution in [2.24, 2.45) is 0 Å². The normalized spacial score (nSPS) is 22.0. The van der Waals surface area contributed by atoms with Crippen molar-refractivity contribution in [3.8, 4) is 0 Å². The van der Waals surface area contributed by atoms with Gasteiger partial charge in [0.25, 0.3) is 0 Å². The standard InChI is InChI=1S/C12H18N2O3S/c1-9-8-17-7-6-14(9)18(15,16)12-5-3-4-11(13)10(12)2/h3-5,9H,6-8,13H2,1-2H3/t9-/m1/s1. The lowest BCUT2D eigenvalue weighted by Crippen LogP contribution is -2.47. The molecule has 18 heavy (non-hydrogen) atoms. The van der Waals surface area contributed by atoms with Crippen LogP contribution in [-0.2, 0) is 14.8 Å². The number of hydrogen-bond acceptors (Lipinski definition) is 4. The van der Waals surface area contributed by atoms with Crippen LogP contribution in [0.4, 0.5) is 5.69 Å². The molecule has 1 fully saturated rings. The lowest BCUT2D eigenvalue weighted by atomic mass is 10.2. The van der Waals surface area contributed by atoms with E-state index >= 15 is 0 Å². The summed E-state index contributed by atoms with van der Waals surface area (Å²) in [6.45, 7) is 4.83. The van der Waals surface area contributed by atoms with Gasteiger partial charge in [-0.2, -0.15) is 4.31 Å². The van der Waals surface area contributed by atoms with Crippen LogP contribution in [-0.4, -0.2) is 38.5 Å². The summed E-state index contributed by atoms with van der Waals surface area (Å²) in [6.07, 6.45) is 0. The predicted octanol–water partition coefficient (Wildman–Crippen LogP) is 0.987. The first-order valence-corrected chi connectivity index (χ1v) is 7.33. The zero-order valence-corrected chi connectivity index (χ0v) is 11.4. The van der Waals surface area contributed by atoms with E-state index in [1.165, 1.54) is 4.31 Å². The summed E-state index contributed by atoms with van der Waals surface area (Å²) in [5, 5.41) is 0. The van der Waals surface area contributed by atoms with Crippen LogP contribution in [0.25, 0.3) is 0 Å². The molecule has 0 spiro atoms. The lowest BCUT2D eigenvalue weighted by molar-refractivity contribution is 0.0392. The minimum absolute atomic E-state index is 0.149. The summed E-state index contributed by atoms with van der Waals surface area (Å²) in [5.41, 5.74) is 6.88. The van der Waals surface area contributed by atoms with Gasteiger partial charge in [0, 0.05) is 18.3 Å². The van der Waals surface area contributed by atoms with E-state index in [0.717, 1.165) is 0 Å². The molecule has 2 rings (SSSR count). The van der Waals surface area contributed by atoms with Crippen LogP contribution in [0.2, 0.25) is 0 Å². The summed E-state index contributed by atoms with van der Waals surface area (Å²) >= 11 is 0. The molecule has 2 N–H and O–H groups in total. The van der Waals surface area contributed by atoms with Crippen LogP contribution in [0.15, 0.2) is 23.1 Å².